The van der Waals surface area contributed by atoms with Gasteiger partial charge in [-0.3, -0.25) is 9.59 Å². The highest BCUT2D eigenvalue weighted by molar-refractivity contribution is 5.88. The number of aliphatic hydroxyl groups is 1. The average Bonchev–Trinajstić information content (AvgIpc) is 2.97. The van der Waals surface area contributed by atoms with Gasteiger partial charge in [0.15, 0.2) is 0 Å². The predicted octanol–water partition coefficient (Wildman–Crippen LogP) is 1.48. The summed E-state index contributed by atoms with van der Waals surface area (Å²) in [5.41, 5.74) is 1.18. The van der Waals surface area contributed by atoms with E-state index in [0.29, 0.717) is 13.0 Å². The van der Waals surface area contributed by atoms with E-state index in [1.54, 1.807) is 0 Å². The lowest BCUT2D eigenvalue weighted by Crippen LogP contribution is -2.45. The number of benzene rings is 2. The minimum absolute atomic E-state index is 0.180. The maximum atomic E-state index is 12.3. The van der Waals surface area contributed by atoms with E-state index < -0.39 is 12.1 Å². The van der Waals surface area contributed by atoms with Gasteiger partial charge < -0.3 is 15.3 Å². The number of β-amino-alcohol motifs (C(OH)–C–C–N with tert-alkyl or cyclic N) is 1. The monoisotopic (exact) mass is 326 g/mol. The van der Waals surface area contributed by atoms with Crippen LogP contribution in [0.1, 0.15) is 18.9 Å². The summed E-state index contributed by atoms with van der Waals surface area (Å²) >= 11 is 0. The molecule has 5 nitrogen and oxygen atoms in total. The Morgan fingerprint density at radius 3 is 2.75 bits per heavy atom. The minimum Gasteiger partial charge on any atom is -0.391 e. The Bertz CT molecular complexity index is 754. The third kappa shape index (κ3) is 3.41. The van der Waals surface area contributed by atoms with Crippen molar-refractivity contribution in [2.24, 2.45) is 0 Å². The van der Waals surface area contributed by atoms with Crippen LogP contribution in [0.2, 0.25) is 0 Å². The quantitative estimate of drug-likeness (QED) is 0.894. The first-order valence-corrected chi connectivity index (χ1v) is 8.26. The molecule has 2 N–H and O–H groups in total. The van der Waals surface area contributed by atoms with Crippen LogP contribution in [0.4, 0.5) is 0 Å². The Hall–Kier alpha value is -2.40. The van der Waals surface area contributed by atoms with Gasteiger partial charge in [0.2, 0.25) is 11.8 Å². The van der Waals surface area contributed by atoms with Crippen LogP contribution < -0.4 is 5.32 Å². The molecular weight excluding hydrogens is 304 g/mol. The summed E-state index contributed by atoms with van der Waals surface area (Å²) in [4.78, 5) is 25.4. The molecule has 1 aliphatic rings. The molecule has 1 heterocycles. The zero-order valence-corrected chi connectivity index (χ0v) is 13.7. The highest BCUT2D eigenvalue weighted by atomic mass is 16.3. The molecule has 2 aromatic carbocycles. The molecule has 0 unspecified atom stereocenters. The van der Waals surface area contributed by atoms with Gasteiger partial charge in [0.05, 0.1) is 6.10 Å². The van der Waals surface area contributed by atoms with Crippen molar-refractivity contribution in [2.45, 2.75) is 31.9 Å². The highest BCUT2D eigenvalue weighted by Gasteiger charge is 2.37. The van der Waals surface area contributed by atoms with Gasteiger partial charge in [0.1, 0.15) is 6.04 Å². The smallest absolute Gasteiger partial charge is 0.242 e. The molecule has 3 rings (SSSR count). The van der Waals surface area contributed by atoms with Gasteiger partial charge in [-0.05, 0) is 22.8 Å². The number of fused-ring (bicyclic) bond motifs is 1. The molecule has 0 aliphatic carbocycles. The van der Waals surface area contributed by atoms with E-state index in [1.165, 1.54) is 28.2 Å². The second-order valence-corrected chi connectivity index (χ2v) is 6.26. The van der Waals surface area contributed by atoms with Crippen molar-refractivity contribution in [2.75, 3.05) is 13.1 Å². The van der Waals surface area contributed by atoms with Gasteiger partial charge in [-0.15, -0.1) is 0 Å². The van der Waals surface area contributed by atoms with Gasteiger partial charge in [-0.25, -0.2) is 0 Å². The number of nitrogens with one attached hydrogen (secondary N) is 1. The van der Waals surface area contributed by atoms with Crippen molar-refractivity contribution in [3.05, 3.63) is 48.0 Å². The van der Waals surface area contributed by atoms with Crippen LogP contribution in [0.3, 0.4) is 0 Å². The molecule has 0 radical (unpaired) electrons. The highest BCUT2D eigenvalue weighted by Crippen LogP contribution is 2.20. The number of likely N-dealkylation sites (tertiary alicyclic amines) is 1. The summed E-state index contributed by atoms with van der Waals surface area (Å²) in [7, 11) is 0. The van der Waals surface area contributed by atoms with E-state index in [4.69, 9.17) is 0 Å². The third-order valence-corrected chi connectivity index (χ3v) is 4.56. The van der Waals surface area contributed by atoms with E-state index >= 15 is 0 Å². The molecular formula is C19H22N2O3. The molecule has 2 atom stereocenters. The fourth-order valence-electron chi connectivity index (χ4n) is 3.36. The largest absolute Gasteiger partial charge is 0.391 e. The van der Waals surface area contributed by atoms with E-state index in [0.717, 1.165) is 6.42 Å². The number of amides is 2. The maximum Gasteiger partial charge on any atom is 0.242 e. The fraction of sp³-hybridized carbons (Fsp3) is 0.368. The minimum atomic E-state index is -0.622. The second-order valence-electron chi connectivity index (χ2n) is 6.26. The Morgan fingerprint density at radius 2 is 1.96 bits per heavy atom. The van der Waals surface area contributed by atoms with Crippen molar-refractivity contribution in [1.82, 2.24) is 10.2 Å². The van der Waals surface area contributed by atoms with E-state index in [1.807, 2.05) is 18.2 Å². The van der Waals surface area contributed by atoms with Crippen LogP contribution >= 0.6 is 0 Å². The second kappa shape index (κ2) is 7.01. The van der Waals surface area contributed by atoms with Crippen LogP contribution in [0.5, 0.6) is 0 Å². The molecule has 2 amide bonds. The molecule has 1 saturated heterocycles. The Morgan fingerprint density at radius 1 is 1.21 bits per heavy atom. The van der Waals surface area contributed by atoms with Gasteiger partial charge >= 0.3 is 0 Å². The maximum absolute atomic E-state index is 12.3. The number of hydrogen-bond acceptors (Lipinski definition) is 3. The van der Waals surface area contributed by atoms with Crippen molar-refractivity contribution in [3.8, 4) is 0 Å². The molecule has 1 aliphatic heterocycles. The van der Waals surface area contributed by atoms with E-state index in [2.05, 4.69) is 29.6 Å². The lowest BCUT2D eigenvalue weighted by atomic mass is 10.0. The van der Waals surface area contributed by atoms with Crippen LogP contribution in [0.25, 0.3) is 10.8 Å². The Balaban J connectivity index is 1.61. The Kier molecular flexibility index (Phi) is 4.81. The zero-order valence-electron chi connectivity index (χ0n) is 13.7. The van der Waals surface area contributed by atoms with Crippen molar-refractivity contribution < 1.29 is 14.7 Å². The summed E-state index contributed by atoms with van der Waals surface area (Å²) in [5.74, 6) is -0.372. The molecule has 0 saturated carbocycles. The van der Waals surface area contributed by atoms with Gasteiger partial charge in [0, 0.05) is 26.4 Å². The van der Waals surface area contributed by atoms with Crippen molar-refractivity contribution >= 4 is 22.6 Å². The molecule has 126 valence electrons. The van der Waals surface area contributed by atoms with Crippen LogP contribution in [0, 0.1) is 0 Å². The van der Waals surface area contributed by atoms with Crippen molar-refractivity contribution in [1.29, 1.82) is 0 Å². The van der Waals surface area contributed by atoms with Crippen molar-refractivity contribution in [3.63, 3.8) is 0 Å². The molecule has 0 spiro atoms. The topological polar surface area (TPSA) is 69.6 Å². The molecule has 0 aromatic heterocycles. The van der Waals surface area contributed by atoms with Gasteiger partial charge in [-0.2, -0.15) is 0 Å². The molecule has 5 heteroatoms. The average molecular weight is 326 g/mol. The third-order valence-electron chi connectivity index (χ3n) is 4.56. The summed E-state index contributed by atoms with van der Waals surface area (Å²) in [6.07, 6.45) is 0.407. The predicted molar refractivity (Wildman–Crippen MR) is 92.5 cm³/mol. The lowest BCUT2D eigenvalue weighted by molar-refractivity contribution is -0.136. The van der Waals surface area contributed by atoms with Crippen LogP contribution in [-0.2, 0) is 16.0 Å². The first-order valence-electron chi connectivity index (χ1n) is 8.26. The molecule has 0 bridgehead atoms. The lowest BCUT2D eigenvalue weighted by Gasteiger charge is -2.22. The molecule has 24 heavy (non-hydrogen) atoms. The number of carbonyl (C=O) groups is 2. The number of rotatable bonds is 4. The number of nitrogens with zero attached hydrogens (tertiary/aromatic N) is 1. The first kappa shape index (κ1) is 16.5. The van der Waals surface area contributed by atoms with Gasteiger partial charge in [-0.1, -0.05) is 42.5 Å². The zero-order chi connectivity index (χ0) is 17.1. The number of hydrogen-bond donors (Lipinski definition) is 2. The fourth-order valence-corrected chi connectivity index (χ4v) is 3.36. The summed E-state index contributed by atoms with van der Waals surface area (Å²) in [5, 5.41) is 15.0. The molecule has 2 aromatic rings. The summed E-state index contributed by atoms with van der Waals surface area (Å²) < 4.78 is 0. The first-order chi connectivity index (χ1) is 11.6. The van der Waals surface area contributed by atoms with Crippen LogP contribution in [-0.4, -0.2) is 47.1 Å². The molecule has 1 fully saturated rings. The SMILES string of the molecule is CC(=O)N1C[C@@H](O)C[C@@H]1C(=O)NCCc1cccc2ccccc12. The van der Waals surface area contributed by atoms with E-state index in [9.17, 15) is 14.7 Å². The summed E-state index contributed by atoms with van der Waals surface area (Å²) in [6.45, 7) is 2.16. The van der Waals surface area contributed by atoms with Gasteiger partial charge in [0.25, 0.3) is 0 Å². The Labute approximate surface area is 141 Å². The normalized spacial score (nSPS) is 20.3. The summed E-state index contributed by atoms with van der Waals surface area (Å²) in [6, 6.07) is 13.8. The number of aliphatic hydroxyl groups excluding tert-OH is 1. The van der Waals surface area contributed by atoms with E-state index in [-0.39, 0.29) is 18.4 Å². The number of carbonyl (C=O) groups excluding carboxylic acids is 2. The standard InChI is InChI=1S/C19H22N2O3/c1-13(22)21-12-16(23)11-18(21)19(24)20-10-9-15-7-4-6-14-5-2-3-8-17(14)15/h2-8,16,18,23H,9-12H2,1H3,(H,20,24)/t16-,18+/m0/s1. The van der Waals surface area contributed by atoms with Crippen LogP contribution in [0.15, 0.2) is 42.5 Å².